The molecule has 3 heterocycles. The number of aromatic nitrogens is 3. The molecule has 0 amide bonds. The molecule has 0 atom stereocenters. The molecule has 1 saturated heterocycles. The Balaban J connectivity index is 0.000000406. The summed E-state index contributed by atoms with van der Waals surface area (Å²) in [6.45, 7) is 8.07. The van der Waals surface area contributed by atoms with Gasteiger partial charge in [-0.15, -0.1) is 11.3 Å². The quantitative estimate of drug-likeness (QED) is 0.462. The van der Waals surface area contributed by atoms with Gasteiger partial charge in [0.05, 0.1) is 26.8 Å². The lowest BCUT2D eigenvalue weighted by Gasteiger charge is -2.29. The zero-order valence-electron chi connectivity index (χ0n) is 18.3. The average molecular weight is 515 g/mol. The molecule has 0 spiro atoms. The number of benzene rings is 1. The van der Waals surface area contributed by atoms with Crippen molar-refractivity contribution in [1.82, 2.24) is 20.3 Å². The van der Waals surface area contributed by atoms with Gasteiger partial charge >= 0.3 is 12.1 Å². The zero-order chi connectivity index (χ0) is 24.9. The molecule has 182 valence electrons. The highest BCUT2D eigenvalue weighted by Crippen LogP contribution is 2.33. The van der Waals surface area contributed by atoms with Crippen molar-refractivity contribution in [1.29, 1.82) is 0 Å². The predicted octanol–water partition coefficient (Wildman–Crippen LogP) is 4.66. The van der Waals surface area contributed by atoms with Gasteiger partial charge in [0.2, 0.25) is 5.95 Å². The molecule has 1 aliphatic rings. The molecule has 13 heteroatoms. The molecule has 3 N–H and O–H groups in total. The molecule has 3 aromatic rings. The second-order valence-electron chi connectivity index (χ2n) is 7.25. The van der Waals surface area contributed by atoms with Crippen molar-refractivity contribution >= 4 is 46.2 Å². The molecule has 8 nitrogen and oxygen atoms in total. The van der Waals surface area contributed by atoms with E-state index in [1.165, 1.54) is 5.69 Å². The average Bonchev–Trinajstić information content (AvgIpc) is 3.13. The lowest BCUT2D eigenvalue weighted by Crippen LogP contribution is -2.43. The first-order valence-corrected chi connectivity index (χ1v) is 11.3. The molecule has 0 radical (unpaired) electrons. The number of halogens is 4. The Labute approximate surface area is 202 Å². The monoisotopic (exact) mass is 514 g/mol. The maximum atomic E-state index is 10.6. The van der Waals surface area contributed by atoms with Crippen molar-refractivity contribution in [2.24, 2.45) is 0 Å². The maximum absolute atomic E-state index is 10.6. The van der Waals surface area contributed by atoms with E-state index in [1.807, 2.05) is 13.8 Å². The van der Waals surface area contributed by atoms with Crippen LogP contribution in [0.4, 0.5) is 30.5 Å². The minimum absolute atomic E-state index is 0.523. The largest absolute Gasteiger partial charge is 0.490 e. The summed E-state index contributed by atoms with van der Waals surface area (Å²) in [5, 5.41) is 15.3. The number of alkyl halides is 3. The van der Waals surface area contributed by atoms with Crippen molar-refractivity contribution in [3.05, 3.63) is 46.2 Å². The van der Waals surface area contributed by atoms with Crippen molar-refractivity contribution in [2.45, 2.75) is 20.0 Å². The Morgan fingerprint density at radius 1 is 1.18 bits per heavy atom. The van der Waals surface area contributed by atoms with Gasteiger partial charge in [0.15, 0.2) is 0 Å². The molecule has 1 aromatic carbocycles. The third kappa shape index (κ3) is 6.78. The van der Waals surface area contributed by atoms with Crippen LogP contribution in [0.3, 0.4) is 0 Å². The van der Waals surface area contributed by atoms with Gasteiger partial charge in [-0.25, -0.2) is 19.7 Å². The summed E-state index contributed by atoms with van der Waals surface area (Å²) in [6, 6.07) is 8.36. The fourth-order valence-electron chi connectivity index (χ4n) is 3.15. The Morgan fingerprint density at radius 2 is 1.79 bits per heavy atom. The Hall–Kier alpha value is -2.96. The molecule has 1 fully saturated rings. The maximum Gasteiger partial charge on any atom is 0.490 e. The highest BCUT2D eigenvalue weighted by Gasteiger charge is 2.38. The van der Waals surface area contributed by atoms with Gasteiger partial charge in [0.1, 0.15) is 5.69 Å². The van der Waals surface area contributed by atoms with Gasteiger partial charge in [0, 0.05) is 37.6 Å². The minimum atomic E-state index is -5.08. The molecule has 34 heavy (non-hydrogen) atoms. The number of carbonyl (C=O) groups is 1. The van der Waals surface area contributed by atoms with Gasteiger partial charge in [0.25, 0.3) is 0 Å². The first kappa shape index (κ1) is 25.7. The van der Waals surface area contributed by atoms with Crippen LogP contribution in [0.15, 0.2) is 30.5 Å². The van der Waals surface area contributed by atoms with Gasteiger partial charge in [-0.3, -0.25) is 0 Å². The highest BCUT2D eigenvalue weighted by molar-refractivity contribution is 7.15. The summed E-state index contributed by atoms with van der Waals surface area (Å²) in [4.78, 5) is 25.7. The topological polar surface area (TPSA) is 103 Å². The third-order valence-corrected chi connectivity index (χ3v) is 6.07. The number of aliphatic carboxylic acids is 1. The van der Waals surface area contributed by atoms with Crippen LogP contribution in [0.2, 0.25) is 5.02 Å². The van der Waals surface area contributed by atoms with E-state index < -0.39 is 12.1 Å². The normalized spacial score (nSPS) is 13.8. The van der Waals surface area contributed by atoms with Crippen molar-refractivity contribution < 1.29 is 23.1 Å². The summed E-state index contributed by atoms with van der Waals surface area (Å²) >= 11 is 7.93. The van der Waals surface area contributed by atoms with Crippen LogP contribution in [0.1, 0.15) is 10.7 Å². The van der Waals surface area contributed by atoms with Crippen molar-refractivity contribution in [3.63, 3.8) is 0 Å². The number of hydrogen-bond acceptors (Lipinski definition) is 8. The number of thiazole rings is 1. The van der Waals surface area contributed by atoms with E-state index in [-0.39, 0.29) is 0 Å². The van der Waals surface area contributed by atoms with E-state index in [2.05, 4.69) is 54.8 Å². The second kappa shape index (κ2) is 11.0. The molecule has 0 unspecified atom stereocenters. The fourth-order valence-corrected chi connectivity index (χ4v) is 4.31. The molecular weight excluding hydrogens is 493 g/mol. The highest BCUT2D eigenvalue weighted by atomic mass is 35.5. The third-order valence-electron chi connectivity index (χ3n) is 4.71. The van der Waals surface area contributed by atoms with E-state index in [1.54, 1.807) is 17.5 Å². The predicted molar refractivity (Wildman–Crippen MR) is 126 cm³/mol. The summed E-state index contributed by atoms with van der Waals surface area (Å²) < 4.78 is 31.7. The molecule has 1 aliphatic heterocycles. The smallest absolute Gasteiger partial charge is 0.475 e. The summed E-state index contributed by atoms with van der Waals surface area (Å²) in [7, 11) is 0. The number of rotatable bonds is 4. The number of nitrogens with zero attached hydrogens (tertiary/aromatic N) is 4. The van der Waals surface area contributed by atoms with Gasteiger partial charge < -0.3 is 20.6 Å². The summed E-state index contributed by atoms with van der Waals surface area (Å²) in [6.07, 6.45) is -3.45. The number of nitrogens with one attached hydrogen (secondary N) is 2. The lowest BCUT2D eigenvalue weighted by atomic mass is 10.2. The Morgan fingerprint density at radius 3 is 2.32 bits per heavy atom. The van der Waals surface area contributed by atoms with Crippen LogP contribution in [0, 0.1) is 13.8 Å². The molecule has 0 aliphatic carbocycles. The minimum Gasteiger partial charge on any atom is -0.475 e. The van der Waals surface area contributed by atoms with E-state index in [9.17, 15) is 13.2 Å². The van der Waals surface area contributed by atoms with E-state index in [0.29, 0.717) is 11.0 Å². The number of carboxylic acid groups (broad SMARTS) is 1. The number of carboxylic acids is 1. The SMILES string of the molecule is Cc1nc(C)c(-c2nc(Nc3ccc(N4CCNCC4)cc3)ncc2Cl)s1.O=C(O)C(F)(F)F. The van der Waals surface area contributed by atoms with Gasteiger partial charge in [-0.05, 0) is 38.1 Å². The number of aryl methyl sites for hydroxylation is 2. The van der Waals surface area contributed by atoms with Crippen molar-refractivity contribution in [3.8, 4) is 10.6 Å². The standard InChI is InChI=1S/C19H21ClN6S.C2HF3O2/c1-12-18(27-13(2)23-12)17-16(20)11-22-19(25-17)24-14-3-5-15(6-4-14)26-9-7-21-8-10-26;3-2(4,5)1(6)7/h3-6,11,21H,7-10H2,1-2H3,(H,22,24,25);(H,6,7). The van der Waals surface area contributed by atoms with E-state index >= 15 is 0 Å². The number of anilines is 3. The molecule has 0 saturated carbocycles. The molecule has 4 rings (SSSR count). The van der Waals surface area contributed by atoms with Crippen molar-refractivity contribution in [2.75, 3.05) is 36.4 Å². The summed E-state index contributed by atoms with van der Waals surface area (Å²) in [5.74, 6) is -2.23. The van der Waals surface area contributed by atoms with E-state index in [0.717, 1.165) is 53.1 Å². The van der Waals surface area contributed by atoms with Crippen LogP contribution in [0.25, 0.3) is 10.6 Å². The van der Waals surface area contributed by atoms with Crippen LogP contribution in [0.5, 0.6) is 0 Å². The van der Waals surface area contributed by atoms with Crippen LogP contribution in [-0.4, -0.2) is 58.4 Å². The number of hydrogen-bond donors (Lipinski definition) is 3. The lowest BCUT2D eigenvalue weighted by molar-refractivity contribution is -0.192. The van der Waals surface area contributed by atoms with Crippen LogP contribution < -0.4 is 15.5 Å². The second-order valence-corrected chi connectivity index (χ2v) is 8.86. The molecular formula is C21H22ClF3N6O2S. The fraction of sp³-hybridized carbons (Fsp3) is 0.333. The first-order chi connectivity index (χ1) is 16.0. The van der Waals surface area contributed by atoms with Crippen LogP contribution in [-0.2, 0) is 4.79 Å². The van der Waals surface area contributed by atoms with Gasteiger partial charge in [-0.2, -0.15) is 13.2 Å². The Bertz CT molecular complexity index is 1130. The zero-order valence-corrected chi connectivity index (χ0v) is 19.9. The van der Waals surface area contributed by atoms with Gasteiger partial charge in [-0.1, -0.05) is 11.6 Å². The van der Waals surface area contributed by atoms with Crippen LogP contribution >= 0.6 is 22.9 Å². The number of piperazine rings is 1. The molecule has 2 aromatic heterocycles. The van der Waals surface area contributed by atoms with E-state index in [4.69, 9.17) is 21.5 Å². The summed E-state index contributed by atoms with van der Waals surface area (Å²) in [5.41, 5.74) is 3.83. The Kier molecular flexibility index (Phi) is 8.28. The molecule has 0 bridgehead atoms. The first-order valence-electron chi connectivity index (χ1n) is 10.1.